The van der Waals surface area contributed by atoms with E-state index in [0.29, 0.717) is 28.8 Å². The van der Waals surface area contributed by atoms with Crippen LogP contribution in [-0.2, 0) is 0 Å². The number of carbonyl (C=O) groups excluding carboxylic acids is 1. The van der Waals surface area contributed by atoms with Gasteiger partial charge in [0, 0.05) is 12.5 Å². The first kappa shape index (κ1) is 15.1. The highest BCUT2D eigenvalue weighted by molar-refractivity contribution is 7.07. The van der Waals surface area contributed by atoms with Crippen LogP contribution >= 0.6 is 11.5 Å². The number of nitrogens with zero attached hydrogens (tertiary/aromatic N) is 5. The summed E-state index contributed by atoms with van der Waals surface area (Å²) < 4.78 is 9.27. The van der Waals surface area contributed by atoms with Crippen molar-refractivity contribution in [3.63, 3.8) is 0 Å². The fourth-order valence-electron chi connectivity index (χ4n) is 2.61. The van der Waals surface area contributed by atoms with Gasteiger partial charge in [-0.1, -0.05) is 23.5 Å². The van der Waals surface area contributed by atoms with Crippen LogP contribution in [0.3, 0.4) is 0 Å². The van der Waals surface area contributed by atoms with Crippen molar-refractivity contribution in [2.75, 3.05) is 6.54 Å². The van der Waals surface area contributed by atoms with E-state index in [-0.39, 0.29) is 17.9 Å². The Kier molecular flexibility index (Phi) is 4.19. The second-order valence-corrected chi connectivity index (χ2v) is 6.60. The van der Waals surface area contributed by atoms with Gasteiger partial charge in [0.2, 0.25) is 5.89 Å². The topological polar surface area (TPSA) is 85.0 Å². The van der Waals surface area contributed by atoms with Gasteiger partial charge in [-0.3, -0.25) is 4.79 Å². The van der Waals surface area contributed by atoms with Crippen molar-refractivity contribution < 1.29 is 9.32 Å². The Morgan fingerprint density at radius 3 is 2.86 bits per heavy atom. The van der Waals surface area contributed by atoms with E-state index >= 15 is 0 Å². The predicted octanol–water partition coefficient (Wildman–Crippen LogP) is 2.72. The third-order valence-corrected chi connectivity index (χ3v) is 4.68. The minimum Gasteiger partial charge on any atom is -0.337 e. The average molecular weight is 321 g/mol. The molecule has 1 atom stereocenters. The Bertz CT molecular complexity index is 666. The zero-order valence-corrected chi connectivity index (χ0v) is 13.8. The van der Waals surface area contributed by atoms with Gasteiger partial charge in [0.25, 0.3) is 5.91 Å². The smallest absolute Gasteiger partial charge is 0.268 e. The summed E-state index contributed by atoms with van der Waals surface area (Å²) in [4.78, 5) is 19.7. The number of rotatable bonds is 3. The molecule has 1 fully saturated rings. The monoisotopic (exact) mass is 321 g/mol. The minimum atomic E-state index is -0.150. The SMILES string of the molecule is Cc1nnsc1C(=O)N1CCCC[C@H]1c1nc(C(C)C)no1. The molecule has 1 aliphatic heterocycles. The molecule has 0 spiro atoms. The maximum atomic E-state index is 12.8. The Hall–Kier alpha value is -1.83. The molecule has 3 heterocycles. The maximum absolute atomic E-state index is 12.8. The van der Waals surface area contributed by atoms with Crippen LogP contribution in [0.4, 0.5) is 0 Å². The molecule has 2 aromatic rings. The normalized spacial score (nSPS) is 18.9. The van der Waals surface area contributed by atoms with E-state index in [1.54, 1.807) is 6.92 Å². The van der Waals surface area contributed by atoms with Crippen LogP contribution in [0, 0.1) is 6.92 Å². The zero-order chi connectivity index (χ0) is 15.7. The van der Waals surface area contributed by atoms with Crippen molar-refractivity contribution in [1.29, 1.82) is 0 Å². The zero-order valence-electron chi connectivity index (χ0n) is 12.9. The van der Waals surface area contributed by atoms with Gasteiger partial charge in [0.05, 0.1) is 5.69 Å². The highest BCUT2D eigenvalue weighted by Gasteiger charge is 2.34. The van der Waals surface area contributed by atoms with Gasteiger partial charge in [-0.15, -0.1) is 5.10 Å². The van der Waals surface area contributed by atoms with Crippen molar-refractivity contribution in [3.8, 4) is 0 Å². The molecule has 1 amide bonds. The summed E-state index contributed by atoms with van der Waals surface area (Å²) in [5.41, 5.74) is 0.674. The number of carbonyl (C=O) groups is 1. The molecule has 0 bridgehead atoms. The van der Waals surface area contributed by atoms with E-state index in [0.717, 1.165) is 30.8 Å². The molecule has 0 radical (unpaired) electrons. The van der Waals surface area contributed by atoms with Gasteiger partial charge in [-0.2, -0.15) is 4.98 Å². The number of aryl methyl sites for hydroxylation is 1. The molecule has 0 aromatic carbocycles. The lowest BCUT2D eigenvalue weighted by Gasteiger charge is -2.33. The molecule has 1 aliphatic rings. The molecule has 3 rings (SSSR count). The van der Waals surface area contributed by atoms with Crippen LogP contribution < -0.4 is 0 Å². The Balaban J connectivity index is 1.87. The Morgan fingerprint density at radius 2 is 2.23 bits per heavy atom. The summed E-state index contributed by atoms with van der Waals surface area (Å²) in [6.07, 6.45) is 2.88. The van der Waals surface area contributed by atoms with Crippen molar-refractivity contribution in [2.24, 2.45) is 0 Å². The lowest BCUT2D eigenvalue weighted by Crippen LogP contribution is -2.38. The molecule has 0 N–H and O–H groups in total. The molecule has 1 saturated heterocycles. The second-order valence-electron chi connectivity index (χ2n) is 5.84. The first-order valence-corrected chi connectivity index (χ1v) is 8.28. The van der Waals surface area contributed by atoms with Crippen LogP contribution in [0.5, 0.6) is 0 Å². The quantitative estimate of drug-likeness (QED) is 0.864. The summed E-state index contributed by atoms with van der Waals surface area (Å²) in [5, 5.41) is 7.95. The van der Waals surface area contributed by atoms with Crippen molar-refractivity contribution in [1.82, 2.24) is 24.6 Å². The molecule has 118 valence electrons. The molecule has 8 heteroatoms. The lowest BCUT2D eigenvalue weighted by atomic mass is 10.0. The average Bonchev–Trinajstić information content (AvgIpc) is 3.15. The number of amides is 1. The molecular formula is C14H19N5O2S. The third-order valence-electron chi connectivity index (χ3n) is 3.87. The fraction of sp³-hybridized carbons (Fsp3) is 0.643. The molecule has 2 aromatic heterocycles. The summed E-state index contributed by atoms with van der Waals surface area (Å²) >= 11 is 1.14. The van der Waals surface area contributed by atoms with E-state index in [2.05, 4.69) is 19.7 Å². The van der Waals surface area contributed by atoms with Crippen LogP contribution in [0.25, 0.3) is 0 Å². The molecular weight excluding hydrogens is 302 g/mol. The van der Waals surface area contributed by atoms with E-state index in [1.165, 1.54) is 0 Å². The Morgan fingerprint density at radius 1 is 1.41 bits per heavy atom. The lowest BCUT2D eigenvalue weighted by molar-refractivity contribution is 0.0565. The number of hydrogen-bond donors (Lipinski definition) is 0. The van der Waals surface area contributed by atoms with E-state index in [9.17, 15) is 4.79 Å². The van der Waals surface area contributed by atoms with E-state index < -0.39 is 0 Å². The molecule has 7 nitrogen and oxygen atoms in total. The highest BCUT2D eigenvalue weighted by Crippen LogP contribution is 2.32. The standard InChI is InChI=1S/C14H19N5O2S/c1-8(2)12-15-13(21-17-12)10-6-4-5-7-19(10)14(20)11-9(3)16-18-22-11/h8,10H,4-7H2,1-3H3/t10-/m0/s1. The maximum Gasteiger partial charge on any atom is 0.268 e. The van der Waals surface area contributed by atoms with Crippen molar-refractivity contribution in [2.45, 2.75) is 52.0 Å². The van der Waals surface area contributed by atoms with E-state index in [4.69, 9.17) is 4.52 Å². The Labute approximate surface area is 132 Å². The van der Waals surface area contributed by atoms with E-state index in [1.807, 2.05) is 18.7 Å². The van der Waals surface area contributed by atoms with Crippen LogP contribution in [0.15, 0.2) is 4.52 Å². The number of aromatic nitrogens is 4. The van der Waals surface area contributed by atoms with Gasteiger partial charge in [-0.05, 0) is 37.7 Å². The number of piperidine rings is 1. The second kappa shape index (κ2) is 6.12. The first-order valence-electron chi connectivity index (χ1n) is 7.51. The fourth-order valence-corrected chi connectivity index (χ4v) is 3.22. The van der Waals surface area contributed by atoms with Crippen LogP contribution in [-0.4, -0.2) is 37.1 Å². The van der Waals surface area contributed by atoms with Crippen LogP contribution in [0.2, 0.25) is 0 Å². The third kappa shape index (κ3) is 2.75. The van der Waals surface area contributed by atoms with Gasteiger partial charge in [-0.25, -0.2) is 0 Å². The van der Waals surface area contributed by atoms with Crippen molar-refractivity contribution >= 4 is 17.4 Å². The number of likely N-dealkylation sites (tertiary alicyclic amines) is 1. The summed E-state index contributed by atoms with van der Waals surface area (Å²) in [7, 11) is 0. The predicted molar refractivity (Wildman–Crippen MR) is 80.7 cm³/mol. The summed E-state index contributed by atoms with van der Waals surface area (Å²) in [6, 6.07) is -0.150. The van der Waals surface area contributed by atoms with Gasteiger partial charge < -0.3 is 9.42 Å². The minimum absolute atomic E-state index is 0.0403. The number of hydrogen-bond acceptors (Lipinski definition) is 7. The summed E-state index contributed by atoms with van der Waals surface area (Å²) in [5.74, 6) is 1.38. The van der Waals surface area contributed by atoms with Crippen LogP contribution in [0.1, 0.15) is 72.2 Å². The molecule has 0 aliphatic carbocycles. The first-order chi connectivity index (χ1) is 10.6. The molecule has 22 heavy (non-hydrogen) atoms. The van der Waals surface area contributed by atoms with Gasteiger partial charge >= 0.3 is 0 Å². The van der Waals surface area contributed by atoms with Gasteiger partial charge in [0.15, 0.2) is 5.82 Å². The molecule has 0 unspecified atom stereocenters. The highest BCUT2D eigenvalue weighted by atomic mass is 32.1. The van der Waals surface area contributed by atoms with Crippen molar-refractivity contribution in [3.05, 3.63) is 22.3 Å². The summed E-state index contributed by atoms with van der Waals surface area (Å²) in [6.45, 7) is 6.54. The van der Waals surface area contributed by atoms with Gasteiger partial charge in [0.1, 0.15) is 10.9 Å². The molecule has 0 saturated carbocycles. The largest absolute Gasteiger partial charge is 0.337 e.